The summed E-state index contributed by atoms with van der Waals surface area (Å²) in [5, 5.41) is 13.8. The average Bonchev–Trinajstić information content (AvgIpc) is 2.68. The van der Waals surface area contributed by atoms with E-state index in [1.807, 2.05) is 6.07 Å². The number of aromatic nitrogens is 1. The van der Waals surface area contributed by atoms with Crippen LogP contribution in [0.25, 0.3) is 22.3 Å². The first-order valence-corrected chi connectivity index (χ1v) is 8.55. The molecule has 0 radical (unpaired) electrons. The second-order valence-corrected chi connectivity index (χ2v) is 6.46. The van der Waals surface area contributed by atoms with Gasteiger partial charge in [0.2, 0.25) is 0 Å². The molecule has 1 aliphatic rings. The number of hydrogen-bond donors (Lipinski definition) is 2. The Morgan fingerprint density at radius 2 is 1.89 bits per heavy atom. The van der Waals surface area contributed by atoms with Gasteiger partial charge in [0, 0.05) is 47.1 Å². The normalized spacial score (nSPS) is 13.0. The molecule has 8 heteroatoms. The number of nitro benzene ring substituents is 1. The van der Waals surface area contributed by atoms with E-state index in [9.17, 15) is 19.3 Å². The van der Waals surface area contributed by atoms with E-state index in [-0.39, 0.29) is 23.0 Å². The second kappa shape index (κ2) is 6.73. The fourth-order valence-corrected chi connectivity index (χ4v) is 3.30. The number of benzene rings is 2. The Morgan fingerprint density at radius 1 is 1.07 bits per heavy atom. The van der Waals surface area contributed by atoms with Crippen molar-refractivity contribution in [3.63, 3.8) is 0 Å². The monoisotopic (exact) mass is 378 g/mol. The van der Waals surface area contributed by atoms with Crippen LogP contribution < -0.4 is 11.1 Å². The van der Waals surface area contributed by atoms with Gasteiger partial charge in [0.1, 0.15) is 11.6 Å². The van der Waals surface area contributed by atoms with Crippen LogP contribution in [0.4, 0.5) is 15.9 Å². The number of carbonyl (C=O) groups is 1. The van der Waals surface area contributed by atoms with Crippen LogP contribution in [0.1, 0.15) is 15.9 Å². The summed E-state index contributed by atoms with van der Waals surface area (Å²) in [6, 6.07) is 10.3. The van der Waals surface area contributed by atoms with Crippen molar-refractivity contribution >= 4 is 17.4 Å². The number of amides is 1. The Balaban J connectivity index is 1.82. The summed E-state index contributed by atoms with van der Waals surface area (Å²) < 4.78 is 14.3. The maximum atomic E-state index is 14.3. The summed E-state index contributed by atoms with van der Waals surface area (Å²) >= 11 is 0. The summed E-state index contributed by atoms with van der Waals surface area (Å²) in [5.74, 6) is -0.466. The first kappa shape index (κ1) is 17.6. The number of rotatable bonds is 3. The van der Waals surface area contributed by atoms with Gasteiger partial charge in [-0.1, -0.05) is 12.1 Å². The minimum Gasteiger partial charge on any atom is -0.383 e. The van der Waals surface area contributed by atoms with Crippen LogP contribution in [0.5, 0.6) is 0 Å². The molecule has 7 nitrogen and oxygen atoms in total. The molecule has 0 saturated carbocycles. The summed E-state index contributed by atoms with van der Waals surface area (Å²) in [4.78, 5) is 26.5. The lowest BCUT2D eigenvalue weighted by molar-refractivity contribution is -0.384. The van der Waals surface area contributed by atoms with E-state index >= 15 is 0 Å². The molecule has 1 aromatic heterocycles. The molecule has 3 N–H and O–H groups in total. The van der Waals surface area contributed by atoms with Crippen molar-refractivity contribution in [3.05, 3.63) is 75.7 Å². The highest BCUT2D eigenvalue weighted by molar-refractivity contribution is 5.97. The van der Waals surface area contributed by atoms with Gasteiger partial charge in [-0.2, -0.15) is 0 Å². The number of nitrogen functional groups attached to an aromatic ring is 1. The number of carbonyl (C=O) groups excluding carboxylic acids is 1. The Bertz CT molecular complexity index is 1130. The molecule has 0 fully saturated rings. The molecule has 28 heavy (non-hydrogen) atoms. The maximum Gasteiger partial charge on any atom is 0.270 e. The van der Waals surface area contributed by atoms with Crippen molar-refractivity contribution in [3.8, 4) is 22.3 Å². The molecule has 0 saturated heterocycles. The van der Waals surface area contributed by atoms with Crippen LogP contribution in [0, 0.1) is 15.9 Å². The van der Waals surface area contributed by atoms with Gasteiger partial charge in [-0.25, -0.2) is 9.37 Å². The largest absolute Gasteiger partial charge is 0.383 e. The highest BCUT2D eigenvalue weighted by Gasteiger charge is 2.19. The standard InChI is InChI=1S/C20H15FN4O3/c21-18-4-2-14(25(27)28)9-16(18)13-8-17(19(22)24-10-13)11-1-3-15-12(7-11)5-6-23-20(15)26/h1-4,7-10H,5-6H2,(H2,22,24)(H,23,26). The van der Waals surface area contributed by atoms with Crippen LogP contribution >= 0.6 is 0 Å². The zero-order chi connectivity index (χ0) is 19.8. The Hall–Kier alpha value is -3.81. The molecule has 0 unspecified atom stereocenters. The predicted octanol–water partition coefficient (Wildman–Crippen LogP) is 3.33. The van der Waals surface area contributed by atoms with E-state index in [4.69, 9.17) is 5.73 Å². The van der Waals surface area contributed by atoms with E-state index in [0.29, 0.717) is 29.7 Å². The van der Waals surface area contributed by atoms with Crippen molar-refractivity contribution < 1.29 is 14.1 Å². The van der Waals surface area contributed by atoms with Gasteiger partial charge in [0.15, 0.2) is 0 Å². The first-order chi connectivity index (χ1) is 13.4. The Labute approximate surface area is 159 Å². The molecular formula is C20H15FN4O3. The SMILES string of the molecule is Nc1ncc(-c2cc([N+](=O)[O-])ccc2F)cc1-c1ccc2c(c1)CCNC2=O. The highest BCUT2D eigenvalue weighted by Crippen LogP contribution is 2.33. The van der Waals surface area contributed by atoms with E-state index in [1.54, 1.807) is 18.2 Å². The molecule has 1 amide bonds. The highest BCUT2D eigenvalue weighted by atomic mass is 19.1. The van der Waals surface area contributed by atoms with E-state index in [1.165, 1.54) is 12.3 Å². The van der Waals surface area contributed by atoms with Crippen molar-refractivity contribution in [2.45, 2.75) is 6.42 Å². The molecule has 4 rings (SSSR count). The molecule has 140 valence electrons. The molecule has 0 bridgehead atoms. The van der Waals surface area contributed by atoms with Crippen LogP contribution in [0.15, 0.2) is 48.7 Å². The number of non-ortho nitro benzene ring substituents is 1. The summed E-state index contributed by atoms with van der Waals surface area (Å²) in [5.41, 5.74) is 9.08. The molecule has 3 aromatic rings. The molecule has 0 spiro atoms. The lowest BCUT2D eigenvalue weighted by Gasteiger charge is -2.18. The van der Waals surface area contributed by atoms with Gasteiger partial charge in [0.05, 0.1) is 4.92 Å². The minimum atomic E-state index is -0.592. The van der Waals surface area contributed by atoms with Crippen LogP contribution in [-0.4, -0.2) is 22.4 Å². The second-order valence-electron chi connectivity index (χ2n) is 6.46. The third-order valence-corrected chi connectivity index (χ3v) is 4.73. The fourth-order valence-electron chi connectivity index (χ4n) is 3.30. The summed E-state index contributed by atoms with van der Waals surface area (Å²) in [7, 11) is 0. The van der Waals surface area contributed by atoms with Crippen LogP contribution in [-0.2, 0) is 6.42 Å². The number of nitrogens with zero attached hydrogens (tertiary/aromatic N) is 2. The van der Waals surface area contributed by atoms with Crippen molar-refractivity contribution in [1.82, 2.24) is 10.3 Å². The summed E-state index contributed by atoms with van der Waals surface area (Å²) in [6.45, 7) is 0.557. The Kier molecular flexibility index (Phi) is 4.23. The fraction of sp³-hybridized carbons (Fsp3) is 0.100. The molecule has 2 aromatic carbocycles. The van der Waals surface area contributed by atoms with Crippen LogP contribution in [0.3, 0.4) is 0 Å². The zero-order valence-electron chi connectivity index (χ0n) is 14.6. The van der Waals surface area contributed by atoms with E-state index < -0.39 is 10.7 Å². The molecule has 0 aliphatic carbocycles. The van der Waals surface area contributed by atoms with Crippen molar-refractivity contribution in [1.29, 1.82) is 0 Å². The minimum absolute atomic E-state index is 0.0697. The number of halogens is 1. The van der Waals surface area contributed by atoms with Gasteiger partial charge in [-0.15, -0.1) is 0 Å². The topological polar surface area (TPSA) is 111 Å². The number of nitrogens with one attached hydrogen (secondary N) is 1. The summed E-state index contributed by atoms with van der Waals surface area (Å²) in [6.07, 6.45) is 2.08. The van der Waals surface area contributed by atoms with Gasteiger partial charge >= 0.3 is 0 Å². The molecule has 2 heterocycles. The Morgan fingerprint density at radius 3 is 2.68 bits per heavy atom. The zero-order valence-corrected chi connectivity index (χ0v) is 14.6. The number of nitro groups is 1. The van der Waals surface area contributed by atoms with Gasteiger partial charge in [0.25, 0.3) is 11.6 Å². The van der Waals surface area contributed by atoms with Crippen molar-refractivity contribution in [2.75, 3.05) is 12.3 Å². The third kappa shape index (κ3) is 3.05. The maximum absolute atomic E-state index is 14.3. The molecule has 0 atom stereocenters. The lowest BCUT2D eigenvalue weighted by Crippen LogP contribution is -2.31. The number of anilines is 1. The van der Waals surface area contributed by atoms with Crippen molar-refractivity contribution in [2.24, 2.45) is 0 Å². The molecule has 1 aliphatic heterocycles. The molecular weight excluding hydrogens is 363 g/mol. The number of nitrogens with two attached hydrogens (primary N) is 1. The average molecular weight is 378 g/mol. The number of fused-ring (bicyclic) bond motifs is 1. The predicted molar refractivity (Wildman–Crippen MR) is 102 cm³/mol. The van der Waals surface area contributed by atoms with Crippen LogP contribution in [0.2, 0.25) is 0 Å². The van der Waals surface area contributed by atoms with Gasteiger partial charge < -0.3 is 11.1 Å². The lowest BCUT2D eigenvalue weighted by atomic mass is 9.94. The smallest absolute Gasteiger partial charge is 0.270 e. The number of hydrogen-bond acceptors (Lipinski definition) is 5. The van der Waals surface area contributed by atoms with Gasteiger partial charge in [-0.3, -0.25) is 14.9 Å². The third-order valence-electron chi connectivity index (χ3n) is 4.73. The number of pyridine rings is 1. The van der Waals surface area contributed by atoms with E-state index in [2.05, 4.69) is 10.3 Å². The first-order valence-electron chi connectivity index (χ1n) is 8.55. The quantitative estimate of drug-likeness (QED) is 0.536. The van der Waals surface area contributed by atoms with Gasteiger partial charge in [-0.05, 0) is 35.7 Å². The van der Waals surface area contributed by atoms with E-state index in [0.717, 1.165) is 23.3 Å².